The van der Waals surface area contributed by atoms with Crippen molar-refractivity contribution in [3.8, 4) is 5.75 Å². The van der Waals surface area contributed by atoms with Gasteiger partial charge in [-0.25, -0.2) is 0 Å². The van der Waals surface area contributed by atoms with Crippen LogP contribution >= 0.6 is 0 Å². The maximum atomic E-state index is 13.6. The Morgan fingerprint density at radius 2 is 1.40 bits per heavy atom. The average molecular weight is 472 g/mol. The van der Waals surface area contributed by atoms with E-state index in [9.17, 15) is 15.0 Å². The van der Waals surface area contributed by atoms with Gasteiger partial charge in [0.15, 0.2) is 5.78 Å². The molecule has 0 unspecified atom stereocenters. The molecule has 0 saturated heterocycles. The monoisotopic (exact) mass is 471 g/mol. The second kappa shape index (κ2) is 8.86. The van der Waals surface area contributed by atoms with E-state index in [1.54, 1.807) is 30.5 Å². The fourth-order valence-electron chi connectivity index (χ4n) is 4.45. The Labute approximate surface area is 205 Å². The lowest BCUT2D eigenvalue weighted by Gasteiger charge is -2.27. The Kier molecular flexibility index (Phi) is 6.20. The van der Waals surface area contributed by atoms with Gasteiger partial charge in [0, 0.05) is 16.7 Å². The third kappa shape index (κ3) is 4.80. The van der Waals surface area contributed by atoms with E-state index in [4.69, 9.17) is 5.41 Å². The minimum absolute atomic E-state index is 0.00912. The first kappa shape index (κ1) is 24.5. The zero-order valence-electron chi connectivity index (χ0n) is 21.0. The fourth-order valence-corrected chi connectivity index (χ4v) is 4.45. The lowest BCUT2D eigenvalue weighted by atomic mass is 9.81. The predicted molar refractivity (Wildman–Crippen MR) is 138 cm³/mol. The summed E-state index contributed by atoms with van der Waals surface area (Å²) >= 11 is 0. The summed E-state index contributed by atoms with van der Waals surface area (Å²) in [6.45, 7) is 9.56. The molecule has 0 bridgehead atoms. The van der Waals surface area contributed by atoms with Gasteiger partial charge >= 0.3 is 0 Å². The highest BCUT2D eigenvalue weighted by molar-refractivity contribution is 5.97. The summed E-state index contributed by atoms with van der Waals surface area (Å²) in [6, 6.07) is 20.9. The number of Topliss-reactive ketones (excluding diaryl/α,β-unsaturated/α-hetero) is 1. The molecule has 4 rings (SSSR count). The summed E-state index contributed by atoms with van der Waals surface area (Å²) in [5, 5.41) is 30.4. The summed E-state index contributed by atoms with van der Waals surface area (Å²) < 4.78 is 3.62. The van der Waals surface area contributed by atoms with E-state index in [0.717, 1.165) is 16.6 Å². The van der Waals surface area contributed by atoms with Gasteiger partial charge < -0.3 is 19.3 Å². The van der Waals surface area contributed by atoms with Crippen LogP contribution in [0.1, 0.15) is 61.7 Å². The van der Waals surface area contributed by atoms with E-state index in [1.807, 2.05) is 79.9 Å². The normalized spacial score (nSPS) is 12.3. The van der Waals surface area contributed by atoms with Crippen LogP contribution in [0.15, 0.2) is 66.7 Å². The molecule has 0 aliphatic carbocycles. The SMILES string of the molecule is CC(C)(C)c1cc(C(=O)Cn2c(=N)n(Cc3ccccc3)c3ccccc32)cc(C(C)(C)O)c1O. The number of hydrogen-bond donors (Lipinski definition) is 3. The van der Waals surface area contributed by atoms with Crippen molar-refractivity contribution in [3.05, 3.63) is 94.6 Å². The Morgan fingerprint density at radius 3 is 1.97 bits per heavy atom. The van der Waals surface area contributed by atoms with Gasteiger partial charge in [-0.05, 0) is 49.1 Å². The van der Waals surface area contributed by atoms with Crippen molar-refractivity contribution in [2.24, 2.45) is 0 Å². The molecule has 35 heavy (non-hydrogen) atoms. The Hall–Kier alpha value is -3.64. The molecule has 6 heteroatoms. The van der Waals surface area contributed by atoms with Crippen LogP contribution in [0.5, 0.6) is 5.75 Å². The zero-order chi connectivity index (χ0) is 25.5. The van der Waals surface area contributed by atoms with Crippen molar-refractivity contribution in [3.63, 3.8) is 0 Å². The molecule has 0 amide bonds. The second-order valence-electron chi connectivity index (χ2n) is 10.6. The van der Waals surface area contributed by atoms with Crippen LogP contribution in [-0.2, 0) is 24.1 Å². The number of phenolic OH excluding ortho intramolecular Hbond substituents is 1. The third-order valence-electron chi connectivity index (χ3n) is 6.36. The van der Waals surface area contributed by atoms with Gasteiger partial charge in [-0.15, -0.1) is 0 Å². The number of aromatic hydroxyl groups is 1. The highest BCUT2D eigenvalue weighted by Crippen LogP contribution is 2.39. The molecule has 0 spiro atoms. The van der Waals surface area contributed by atoms with Gasteiger partial charge in [0.2, 0.25) is 5.62 Å². The number of aromatic nitrogens is 2. The number of phenols is 1. The number of nitrogens with zero attached hydrogens (tertiary/aromatic N) is 2. The quantitative estimate of drug-likeness (QED) is 0.342. The Morgan fingerprint density at radius 1 is 0.857 bits per heavy atom. The number of aliphatic hydroxyl groups is 1. The first-order valence-corrected chi connectivity index (χ1v) is 11.8. The molecular weight excluding hydrogens is 438 g/mol. The molecule has 0 aliphatic rings. The molecule has 6 nitrogen and oxygen atoms in total. The maximum Gasteiger partial charge on any atom is 0.203 e. The number of nitrogens with one attached hydrogen (secondary N) is 1. The molecule has 3 aromatic carbocycles. The molecule has 182 valence electrons. The number of benzene rings is 3. The van der Waals surface area contributed by atoms with Crippen LogP contribution in [0, 0.1) is 5.41 Å². The smallest absolute Gasteiger partial charge is 0.203 e. The standard InChI is InChI=1S/C29H33N3O3/c1-28(2,3)21-15-20(16-22(26(21)34)29(4,5)35)25(33)18-32-24-14-10-9-13-23(24)31(27(32)30)17-19-11-7-6-8-12-19/h6-16,30,34-35H,17-18H2,1-5H3. The van der Waals surface area contributed by atoms with Crippen LogP contribution < -0.4 is 5.62 Å². The van der Waals surface area contributed by atoms with E-state index < -0.39 is 11.0 Å². The van der Waals surface area contributed by atoms with Crippen molar-refractivity contribution in [2.45, 2.75) is 58.7 Å². The average Bonchev–Trinajstić information content (AvgIpc) is 3.04. The summed E-state index contributed by atoms with van der Waals surface area (Å²) in [7, 11) is 0. The highest BCUT2D eigenvalue weighted by Gasteiger charge is 2.29. The lowest BCUT2D eigenvalue weighted by Crippen LogP contribution is -2.28. The zero-order valence-corrected chi connectivity index (χ0v) is 21.0. The maximum absolute atomic E-state index is 13.6. The molecule has 4 aromatic rings. The second-order valence-corrected chi connectivity index (χ2v) is 10.6. The predicted octanol–water partition coefficient (Wildman–Crippen LogP) is 5.08. The van der Waals surface area contributed by atoms with E-state index in [1.165, 1.54) is 0 Å². The summed E-state index contributed by atoms with van der Waals surface area (Å²) in [4.78, 5) is 13.6. The minimum atomic E-state index is -1.32. The van der Waals surface area contributed by atoms with Crippen molar-refractivity contribution < 1.29 is 15.0 Å². The number of carbonyl (C=O) groups excluding carboxylic acids is 1. The number of ketones is 1. The highest BCUT2D eigenvalue weighted by atomic mass is 16.3. The molecule has 0 fully saturated rings. The van der Waals surface area contributed by atoms with Gasteiger partial charge in [-0.2, -0.15) is 0 Å². The van der Waals surface area contributed by atoms with E-state index >= 15 is 0 Å². The largest absolute Gasteiger partial charge is 0.507 e. The Bertz CT molecular complexity index is 1410. The fraction of sp³-hybridized carbons (Fsp3) is 0.310. The Balaban J connectivity index is 1.80. The molecule has 1 heterocycles. The van der Waals surface area contributed by atoms with Gasteiger partial charge in [0.1, 0.15) is 5.75 Å². The molecule has 0 saturated carbocycles. The molecule has 0 aliphatic heterocycles. The van der Waals surface area contributed by atoms with Crippen molar-refractivity contribution >= 4 is 16.8 Å². The third-order valence-corrected chi connectivity index (χ3v) is 6.36. The van der Waals surface area contributed by atoms with Crippen LogP contribution in [0.3, 0.4) is 0 Å². The lowest BCUT2D eigenvalue weighted by molar-refractivity contribution is 0.0754. The van der Waals surface area contributed by atoms with E-state index in [-0.39, 0.29) is 23.7 Å². The first-order chi connectivity index (χ1) is 16.4. The number of fused-ring (bicyclic) bond motifs is 1. The van der Waals surface area contributed by atoms with Gasteiger partial charge in [0.05, 0.1) is 29.7 Å². The summed E-state index contributed by atoms with van der Waals surface area (Å²) in [5.41, 5.74) is 2.56. The first-order valence-electron chi connectivity index (χ1n) is 11.8. The van der Waals surface area contributed by atoms with Crippen molar-refractivity contribution in [2.75, 3.05) is 0 Å². The molecule has 1 aromatic heterocycles. The summed E-state index contributed by atoms with van der Waals surface area (Å²) in [6.07, 6.45) is 0. The van der Waals surface area contributed by atoms with Crippen LogP contribution in [0.4, 0.5) is 0 Å². The number of para-hydroxylation sites is 2. The molecule has 3 N–H and O–H groups in total. The van der Waals surface area contributed by atoms with Crippen LogP contribution in [0.2, 0.25) is 0 Å². The number of carbonyl (C=O) groups is 1. The van der Waals surface area contributed by atoms with Gasteiger partial charge in [-0.1, -0.05) is 63.2 Å². The van der Waals surface area contributed by atoms with Crippen LogP contribution in [0.25, 0.3) is 11.0 Å². The van der Waals surface area contributed by atoms with E-state index in [0.29, 0.717) is 23.2 Å². The number of rotatable bonds is 6. The molecular formula is C29H33N3O3. The number of hydrogen-bond acceptors (Lipinski definition) is 4. The topological polar surface area (TPSA) is 91.2 Å². The minimum Gasteiger partial charge on any atom is -0.507 e. The van der Waals surface area contributed by atoms with Crippen molar-refractivity contribution in [1.82, 2.24) is 9.13 Å². The van der Waals surface area contributed by atoms with Gasteiger partial charge in [0.25, 0.3) is 0 Å². The number of imidazole rings is 1. The van der Waals surface area contributed by atoms with E-state index in [2.05, 4.69) is 0 Å². The molecule has 0 atom stereocenters. The summed E-state index contributed by atoms with van der Waals surface area (Å²) in [5.74, 6) is -0.183. The van der Waals surface area contributed by atoms with Crippen LogP contribution in [-0.4, -0.2) is 25.1 Å². The molecule has 0 radical (unpaired) electrons. The van der Waals surface area contributed by atoms with Crippen molar-refractivity contribution in [1.29, 1.82) is 5.41 Å². The van der Waals surface area contributed by atoms with Gasteiger partial charge in [-0.3, -0.25) is 10.2 Å².